The second-order valence-electron chi connectivity index (χ2n) is 6.96. The Morgan fingerprint density at radius 3 is 2.14 bits per heavy atom. The van der Waals surface area contributed by atoms with Crippen molar-refractivity contribution in [3.05, 3.63) is 0 Å². The molecular weight excluding hydrogens is 321 g/mol. The zero-order valence-corrected chi connectivity index (χ0v) is 15.3. The predicted molar refractivity (Wildman–Crippen MR) is 95.0 cm³/mol. The highest BCUT2D eigenvalue weighted by Crippen LogP contribution is 2.27. The van der Waals surface area contributed by atoms with Gasteiger partial charge in [-0.3, -0.25) is 9.69 Å². The highest BCUT2D eigenvalue weighted by Gasteiger charge is 2.31. The molecule has 0 spiro atoms. The molecular formula is C16H31Cl2N3O. The Bertz CT molecular complexity index is 334. The van der Waals surface area contributed by atoms with Crippen LogP contribution in [0.4, 0.5) is 0 Å². The van der Waals surface area contributed by atoms with Gasteiger partial charge in [0, 0.05) is 38.8 Å². The van der Waals surface area contributed by atoms with Gasteiger partial charge >= 0.3 is 0 Å². The van der Waals surface area contributed by atoms with Gasteiger partial charge in [-0.25, -0.2) is 0 Å². The summed E-state index contributed by atoms with van der Waals surface area (Å²) in [5, 5.41) is 3.30. The van der Waals surface area contributed by atoms with Crippen molar-refractivity contribution in [2.75, 3.05) is 39.3 Å². The first-order valence-electron chi connectivity index (χ1n) is 8.47. The Balaban J connectivity index is 0.00000121. The summed E-state index contributed by atoms with van der Waals surface area (Å²) in [6.45, 7) is 8.34. The summed E-state index contributed by atoms with van der Waals surface area (Å²) in [6.07, 6.45) is 6.53. The SMILES string of the molecule is CC1CCC(N2CCN(C(=O)C3CCNC3)CC2)CC1.Cl.Cl. The molecule has 0 aromatic heterocycles. The Morgan fingerprint density at radius 1 is 0.955 bits per heavy atom. The van der Waals surface area contributed by atoms with Gasteiger partial charge in [-0.05, 0) is 44.6 Å². The molecule has 130 valence electrons. The van der Waals surface area contributed by atoms with E-state index < -0.39 is 0 Å². The van der Waals surface area contributed by atoms with Gasteiger partial charge < -0.3 is 10.2 Å². The molecule has 3 aliphatic rings. The normalized spacial score (nSPS) is 33.0. The minimum Gasteiger partial charge on any atom is -0.340 e. The Labute approximate surface area is 147 Å². The summed E-state index contributed by atoms with van der Waals surface area (Å²) in [7, 11) is 0. The summed E-state index contributed by atoms with van der Waals surface area (Å²) in [4.78, 5) is 17.1. The highest BCUT2D eigenvalue weighted by molar-refractivity contribution is 5.85. The van der Waals surface area contributed by atoms with Crippen molar-refractivity contribution in [1.82, 2.24) is 15.1 Å². The first-order valence-corrected chi connectivity index (χ1v) is 8.47. The van der Waals surface area contributed by atoms with Gasteiger partial charge in [0.15, 0.2) is 0 Å². The van der Waals surface area contributed by atoms with Crippen molar-refractivity contribution in [1.29, 1.82) is 0 Å². The molecule has 0 radical (unpaired) electrons. The lowest BCUT2D eigenvalue weighted by molar-refractivity contribution is -0.137. The van der Waals surface area contributed by atoms with Crippen molar-refractivity contribution in [3.63, 3.8) is 0 Å². The van der Waals surface area contributed by atoms with E-state index in [2.05, 4.69) is 22.0 Å². The van der Waals surface area contributed by atoms with Crippen LogP contribution in [0.1, 0.15) is 39.0 Å². The van der Waals surface area contributed by atoms with Crippen LogP contribution in [0.5, 0.6) is 0 Å². The molecule has 1 amide bonds. The van der Waals surface area contributed by atoms with E-state index in [0.29, 0.717) is 5.91 Å². The largest absolute Gasteiger partial charge is 0.340 e. The van der Waals surface area contributed by atoms with E-state index in [4.69, 9.17) is 0 Å². The van der Waals surface area contributed by atoms with E-state index in [9.17, 15) is 4.79 Å². The maximum Gasteiger partial charge on any atom is 0.227 e. The zero-order valence-electron chi connectivity index (χ0n) is 13.6. The average Bonchev–Trinajstić information content (AvgIpc) is 3.02. The summed E-state index contributed by atoms with van der Waals surface area (Å²) < 4.78 is 0. The second kappa shape index (κ2) is 9.31. The maximum absolute atomic E-state index is 12.4. The summed E-state index contributed by atoms with van der Waals surface area (Å²) in [6, 6.07) is 0.789. The summed E-state index contributed by atoms with van der Waals surface area (Å²) >= 11 is 0. The minimum absolute atomic E-state index is 0. The molecule has 1 aliphatic carbocycles. The molecule has 22 heavy (non-hydrogen) atoms. The number of carbonyl (C=O) groups is 1. The van der Waals surface area contributed by atoms with Gasteiger partial charge in [-0.15, -0.1) is 24.8 Å². The third kappa shape index (κ3) is 4.73. The third-order valence-corrected chi connectivity index (χ3v) is 5.54. The molecule has 4 nitrogen and oxygen atoms in total. The molecule has 2 aliphatic heterocycles. The number of nitrogens with zero attached hydrogens (tertiary/aromatic N) is 2. The maximum atomic E-state index is 12.4. The highest BCUT2D eigenvalue weighted by atomic mass is 35.5. The van der Waals surface area contributed by atoms with Crippen molar-refractivity contribution in [2.45, 2.75) is 45.1 Å². The quantitative estimate of drug-likeness (QED) is 0.827. The lowest BCUT2D eigenvalue weighted by atomic mass is 9.86. The topological polar surface area (TPSA) is 35.6 Å². The van der Waals surface area contributed by atoms with Crippen LogP contribution in [0.2, 0.25) is 0 Å². The molecule has 2 heterocycles. The van der Waals surface area contributed by atoms with E-state index in [0.717, 1.165) is 57.6 Å². The van der Waals surface area contributed by atoms with Gasteiger partial charge in [0.1, 0.15) is 0 Å². The summed E-state index contributed by atoms with van der Waals surface area (Å²) in [5.41, 5.74) is 0. The molecule has 1 unspecified atom stereocenters. The number of halogens is 2. The molecule has 1 atom stereocenters. The van der Waals surface area contributed by atoms with E-state index in [1.54, 1.807) is 0 Å². The number of rotatable bonds is 2. The molecule has 2 saturated heterocycles. The molecule has 3 fully saturated rings. The monoisotopic (exact) mass is 351 g/mol. The van der Waals surface area contributed by atoms with Crippen LogP contribution in [0.15, 0.2) is 0 Å². The fourth-order valence-corrected chi connectivity index (χ4v) is 4.04. The number of piperazine rings is 1. The average molecular weight is 352 g/mol. The molecule has 3 rings (SSSR count). The van der Waals surface area contributed by atoms with Crippen molar-refractivity contribution in [2.24, 2.45) is 11.8 Å². The van der Waals surface area contributed by atoms with Crippen LogP contribution in [0, 0.1) is 11.8 Å². The van der Waals surface area contributed by atoms with Crippen LogP contribution >= 0.6 is 24.8 Å². The van der Waals surface area contributed by atoms with Gasteiger partial charge in [-0.1, -0.05) is 6.92 Å². The van der Waals surface area contributed by atoms with Crippen LogP contribution in [-0.4, -0.2) is 61.0 Å². The first-order chi connectivity index (χ1) is 9.74. The number of carbonyl (C=O) groups excluding carboxylic acids is 1. The molecule has 0 aromatic rings. The van der Waals surface area contributed by atoms with Gasteiger partial charge in [0.05, 0.1) is 5.92 Å². The molecule has 0 bridgehead atoms. The number of hydrogen-bond donors (Lipinski definition) is 1. The third-order valence-electron chi connectivity index (χ3n) is 5.54. The van der Waals surface area contributed by atoms with Crippen LogP contribution in [-0.2, 0) is 4.79 Å². The van der Waals surface area contributed by atoms with Crippen LogP contribution in [0.25, 0.3) is 0 Å². The Morgan fingerprint density at radius 2 is 1.59 bits per heavy atom. The second-order valence-corrected chi connectivity index (χ2v) is 6.96. The molecule has 0 aromatic carbocycles. The predicted octanol–water partition coefficient (Wildman–Crippen LogP) is 2.16. The molecule has 1 N–H and O–H groups in total. The van der Waals surface area contributed by atoms with E-state index in [-0.39, 0.29) is 30.7 Å². The van der Waals surface area contributed by atoms with Crippen molar-refractivity contribution < 1.29 is 4.79 Å². The van der Waals surface area contributed by atoms with Crippen molar-refractivity contribution >= 4 is 30.7 Å². The lowest BCUT2D eigenvalue weighted by Crippen LogP contribution is -2.53. The lowest BCUT2D eigenvalue weighted by Gasteiger charge is -2.42. The minimum atomic E-state index is 0. The summed E-state index contributed by atoms with van der Waals surface area (Å²) in [5.74, 6) is 1.56. The van der Waals surface area contributed by atoms with E-state index in [1.807, 2.05) is 0 Å². The first kappa shape index (κ1) is 20.0. The zero-order chi connectivity index (χ0) is 13.9. The Kier molecular flexibility index (Phi) is 8.47. The number of nitrogens with one attached hydrogen (secondary N) is 1. The smallest absolute Gasteiger partial charge is 0.227 e. The molecule has 1 saturated carbocycles. The van der Waals surface area contributed by atoms with Crippen LogP contribution in [0.3, 0.4) is 0 Å². The van der Waals surface area contributed by atoms with E-state index in [1.165, 1.54) is 25.7 Å². The number of amides is 1. The fraction of sp³-hybridized carbons (Fsp3) is 0.938. The van der Waals surface area contributed by atoms with Crippen LogP contribution < -0.4 is 5.32 Å². The standard InChI is InChI=1S/C16H29N3O.2ClH/c1-13-2-4-15(5-3-13)18-8-10-19(11-9-18)16(20)14-6-7-17-12-14;;/h13-15,17H,2-12H2,1H3;2*1H. The molecule has 6 heteroatoms. The number of hydrogen-bond acceptors (Lipinski definition) is 3. The fourth-order valence-electron chi connectivity index (χ4n) is 4.04. The van der Waals surface area contributed by atoms with E-state index >= 15 is 0 Å². The van der Waals surface area contributed by atoms with Gasteiger partial charge in [-0.2, -0.15) is 0 Å². The van der Waals surface area contributed by atoms with Gasteiger partial charge in [0.25, 0.3) is 0 Å². The Hall–Kier alpha value is -0.0300. The van der Waals surface area contributed by atoms with Gasteiger partial charge in [0.2, 0.25) is 5.91 Å². The van der Waals surface area contributed by atoms with Crippen molar-refractivity contribution in [3.8, 4) is 0 Å².